The molecule has 4 heteroatoms. The molecule has 13 heavy (non-hydrogen) atoms. The minimum Gasteiger partial charge on any atom is -0.545 e. The first-order valence-electron chi connectivity index (χ1n) is 3.99. The monoisotopic (exact) mass is 200 g/mol. The fraction of sp³-hybridized carbons (Fsp3) is 0.444. The van der Waals surface area contributed by atoms with E-state index in [1.165, 1.54) is 19.3 Å². The summed E-state index contributed by atoms with van der Waals surface area (Å²) >= 11 is 0. The predicted molar refractivity (Wildman–Crippen MR) is 54.7 cm³/mol. The number of carbonyl (C=O) groups excluding carboxylic acids is 1. The van der Waals surface area contributed by atoms with Crippen LogP contribution in [-0.2, 0) is 14.0 Å². The van der Waals surface area contributed by atoms with Gasteiger partial charge >= 0.3 is 5.97 Å². The van der Waals surface area contributed by atoms with Gasteiger partial charge < -0.3 is 9.16 Å². The molecule has 0 aliphatic heterocycles. The quantitative estimate of drug-likeness (QED) is 0.229. The molecule has 0 saturated carbocycles. The normalized spacial score (nSPS) is 11.4. The van der Waals surface area contributed by atoms with Crippen molar-refractivity contribution in [2.24, 2.45) is 0 Å². The number of esters is 1. The van der Waals surface area contributed by atoms with Crippen LogP contribution in [0.1, 0.15) is 0 Å². The van der Waals surface area contributed by atoms with Crippen LogP contribution >= 0.6 is 0 Å². The van der Waals surface area contributed by atoms with E-state index < -0.39 is 14.3 Å². The van der Waals surface area contributed by atoms with Gasteiger partial charge in [-0.3, -0.25) is 0 Å². The molecule has 0 aromatic heterocycles. The predicted octanol–water partition coefficient (Wildman–Crippen LogP) is 2.08. The van der Waals surface area contributed by atoms with Crippen molar-refractivity contribution in [1.29, 1.82) is 0 Å². The van der Waals surface area contributed by atoms with Gasteiger partial charge in [-0.25, -0.2) is 4.79 Å². The summed E-state index contributed by atoms with van der Waals surface area (Å²) in [6.45, 7) is 9.80. The fourth-order valence-electron chi connectivity index (χ4n) is 0.656. The Morgan fingerprint density at radius 3 is 2.23 bits per heavy atom. The second-order valence-electron chi connectivity index (χ2n) is 3.54. The van der Waals surface area contributed by atoms with Gasteiger partial charge in [0.1, 0.15) is 0 Å². The van der Waals surface area contributed by atoms with Gasteiger partial charge in [-0.15, -0.1) is 0 Å². The molecule has 0 bridgehead atoms. The van der Waals surface area contributed by atoms with Crippen LogP contribution in [0.15, 0.2) is 24.5 Å². The minimum atomic E-state index is -1.61. The van der Waals surface area contributed by atoms with Crippen molar-refractivity contribution in [3.63, 3.8) is 0 Å². The number of hydrogen-bond acceptors (Lipinski definition) is 3. The summed E-state index contributed by atoms with van der Waals surface area (Å²) in [5.41, 5.74) is 0. The number of methoxy groups -OCH3 is 1. The molecule has 0 aromatic carbocycles. The van der Waals surface area contributed by atoms with Crippen LogP contribution in [0.25, 0.3) is 0 Å². The molecule has 0 aliphatic rings. The molecule has 0 N–H and O–H groups in total. The van der Waals surface area contributed by atoms with Gasteiger partial charge in [0.25, 0.3) is 0 Å². The molecule has 74 valence electrons. The molecule has 0 fully saturated rings. The Balaban J connectivity index is 4.02. The first-order valence-corrected chi connectivity index (χ1v) is 7.40. The summed E-state index contributed by atoms with van der Waals surface area (Å²) in [5.74, 6) is 0.102. The molecule has 0 heterocycles. The second-order valence-corrected chi connectivity index (χ2v) is 7.97. The Morgan fingerprint density at radius 1 is 1.31 bits per heavy atom. The van der Waals surface area contributed by atoms with Crippen LogP contribution in [0.4, 0.5) is 0 Å². The van der Waals surface area contributed by atoms with Crippen molar-refractivity contribution in [2.45, 2.75) is 19.6 Å². The molecule has 0 spiro atoms. The summed E-state index contributed by atoms with van der Waals surface area (Å²) in [7, 11) is -0.277. The third kappa shape index (κ3) is 7.33. The van der Waals surface area contributed by atoms with Crippen molar-refractivity contribution >= 4 is 14.3 Å². The number of allylic oxidation sites excluding steroid dienone is 1. The number of ether oxygens (including phenoxy) is 1. The summed E-state index contributed by atoms with van der Waals surface area (Å²) in [6, 6.07) is 0. The lowest BCUT2D eigenvalue weighted by Crippen LogP contribution is -2.24. The van der Waals surface area contributed by atoms with Gasteiger partial charge in [0.15, 0.2) is 0 Å². The van der Waals surface area contributed by atoms with Crippen molar-refractivity contribution in [3.05, 3.63) is 24.5 Å². The number of rotatable bonds is 4. The van der Waals surface area contributed by atoms with Gasteiger partial charge in [0.05, 0.1) is 12.9 Å². The first kappa shape index (κ1) is 12.0. The SMILES string of the molecule is C=C(C=CC(=O)OC)O[Si](C)(C)C. The lowest BCUT2D eigenvalue weighted by atomic mass is 10.4. The zero-order valence-electron chi connectivity index (χ0n) is 8.59. The molecule has 0 saturated heterocycles. The highest BCUT2D eigenvalue weighted by molar-refractivity contribution is 6.70. The van der Waals surface area contributed by atoms with E-state index in [0.29, 0.717) is 5.76 Å². The van der Waals surface area contributed by atoms with Crippen LogP contribution in [-0.4, -0.2) is 21.4 Å². The molecule has 0 unspecified atom stereocenters. The Hall–Kier alpha value is -1.03. The standard InChI is InChI=1S/C9H16O3Si/c1-8(12-13(3,4)5)6-7-9(10)11-2/h6-7H,1H2,2-5H3. The largest absolute Gasteiger partial charge is 0.545 e. The molecule has 0 aliphatic carbocycles. The maximum Gasteiger partial charge on any atom is 0.330 e. The van der Waals surface area contributed by atoms with Gasteiger partial charge in [0, 0.05) is 6.08 Å². The van der Waals surface area contributed by atoms with E-state index in [1.807, 2.05) is 19.6 Å². The Labute approximate surface area is 80.2 Å². The van der Waals surface area contributed by atoms with Crippen LogP contribution in [0.2, 0.25) is 19.6 Å². The molecule has 0 aromatic rings. The van der Waals surface area contributed by atoms with Gasteiger partial charge in [0.2, 0.25) is 8.32 Å². The lowest BCUT2D eigenvalue weighted by Gasteiger charge is -2.18. The highest BCUT2D eigenvalue weighted by atomic mass is 28.4. The second kappa shape index (κ2) is 4.86. The summed E-state index contributed by atoms with van der Waals surface area (Å²) in [6.07, 6.45) is 2.81. The smallest absolute Gasteiger partial charge is 0.330 e. The maximum atomic E-state index is 10.7. The van der Waals surface area contributed by atoms with Crippen LogP contribution < -0.4 is 0 Å². The van der Waals surface area contributed by atoms with Crippen LogP contribution in [0, 0.1) is 0 Å². The van der Waals surface area contributed by atoms with E-state index in [4.69, 9.17) is 4.43 Å². The van der Waals surface area contributed by atoms with Crippen LogP contribution in [0.5, 0.6) is 0 Å². The zero-order valence-corrected chi connectivity index (χ0v) is 9.59. The Bertz CT molecular complexity index is 226. The molecule has 0 amide bonds. The van der Waals surface area contributed by atoms with E-state index in [9.17, 15) is 4.79 Å². The Morgan fingerprint density at radius 2 is 1.85 bits per heavy atom. The van der Waals surface area contributed by atoms with Crippen molar-refractivity contribution in [3.8, 4) is 0 Å². The third-order valence-electron chi connectivity index (χ3n) is 1.04. The summed E-state index contributed by atoms with van der Waals surface area (Å²) in [5, 5.41) is 0. The molecule has 0 radical (unpaired) electrons. The number of carbonyl (C=O) groups is 1. The molecule has 0 atom stereocenters. The van der Waals surface area contributed by atoms with E-state index in [0.717, 1.165) is 0 Å². The van der Waals surface area contributed by atoms with E-state index in [-0.39, 0.29) is 0 Å². The fourth-order valence-corrected chi connectivity index (χ4v) is 1.51. The average Bonchev–Trinajstić information content (AvgIpc) is 1.97. The Kier molecular flexibility index (Phi) is 4.48. The topological polar surface area (TPSA) is 35.5 Å². The van der Waals surface area contributed by atoms with Gasteiger partial charge in [-0.1, -0.05) is 6.58 Å². The minimum absolute atomic E-state index is 0.402. The van der Waals surface area contributed by atoms with Crippen molar-refractivity contribution in [1.82, 2.24) is 0 Å². The summed E-state index contributed by atoms with van der Waals surface area (Å²) in [4.78, 5) is 10.7. The lowest BCUT2D eigenvalue weighted by molar-refractivity contribution is -0.134. The molecular formula is C9H16O3Si. The van der Waals surface area contributed by atoms with E-state index in [2.05, 4.69) is 11.3 Å². The highest BCUT2D eigenvalue weighted by Crippen LogP contribution is 2.09. The number of hydrogen-bond donors (Lipinski definition) is 0. The average molecular weight is 200 g/mol. The molecule has 0 rings (SSSR count). The van der Waals surface area contributed by atoms with Crippen molar-refractivity contribution in [2.75, 3.05) is 7.11 Å². The summed E-state index contributed by atoms with van der Waals surface area (Å²) < 4.78 is 9.90. The zero-order chi connectivity index (χ0) is 10.5. The van der Waals surface area contributed by atoms with Crippen LogP contribution in [0.3, 0.4) is 0 Å². The highest BCUT2D eigenvalue weighted by Gasteiger charge is 2.15. The van der Waals surface area contributed by atoms with Gasteiger partial charge in [-0.2, -0.15) is 0 Å². The van der Waals surface area contributed by atoms with E-state index in [1.54, 1.807) is 0 Å². The first-order chi connectivity index (χ1) is 5.85. The van der Waals surface area contributed by atoms with Crippen molar-refractivity contribution < 1.29 is 14.0 Å². The maximum absolute atomic E-state index is 10.7. The van der Waals surface area contributed by atoms with E-state index >= 15 is 0 Å². The molecule has 3 nitrogen and oxygen atoms in total. The molecular weight excluding hydrogens is 184 g/mol. The van der Waals surface area contributed by atoms with Gasteiger partial charge in [-0.05, 0) is 25.7 Å². The third-order valence-corrected chi connectivity index (χ3v) is 1.92.